The Labute approximate surface area is 189 Å². The Balaban J connectivity index is 1.69. The van der Waals surface area contributed by atoms with Crippen LogP contribution in [0.4, 0.5) is 8.78 Å². The van der Waals surface area contributed by atoms with Crippen molar-refractivity contribution >= 4 is 29.8 Å². The van der Waals surface area contributed by atoms with Gasteiger partial charge in [0.25, 0.3) is 0 Å². The summed E-state index contributed by atoms with van der Waals surface area (Å²) in [4.78, 5) is 0.645. The van der Waals surface area contributed by atoms with Crippen molar-refractivity contribution < 1.29 is 8.78 Å². The van der Waals surface area contributed by atoms with Crippen molar-refractivity contribution in [3.63, 3.8) is 0 Å². The van der Waals surface area contributed by atoms with Gasteiger partial charge in [-0.15, -0.1) is 0 Å². The van der Waals surface area contributed by atoms with Crippen LogP contribution in [0.2, 0.25) is 0 Å². The number of hydrogen-bond donors (Lipinski definition) is 3. The molecule has 0 amide bonds. The van der Waals surface area contributed by atoms with Gasteiger partial charge in [0, 0.05) is 29.9 Å². The number of benzene rings is 2. The van der Waals surface area contributed by atoms with E-state index in [4.69, 9.17) is 24.8 Å². The molecule has 0 bridgehead atoms. The predicted molar refractivity (Wildman–Crippen MR) is 128 cm³/mol. The molecule has 0 fully saturated rings. The number of halogens is 2. The summed E-state index contributed by atoms with van der Waals surface area (Å²) in [6, 6.07) is 10.6. The van der Waals surface area contributed by atoms with Crippen molar-refractivity contribution in [3.8, 4) is 0 Å². The molecule has 0 saturated carbocycles. The smallest absolute Gasteiger partial charge is 0.126 e. The van der Waals surface area contributed by atoms with Crippen LogP contribution in [0.3, 0.4) is 0 Å². The zero-order valence-electron chi connectivity index (χ0n) is 17.6. The van der Waals surface area contributed by atoms with Crippen molar-refractivity contribution in [2.75, 3.05) is 6.54 Å². The van der Waals surface area contributed by atoms with Crippen molar-refractivity contribution in [3.05, 3.63) is 70.3 Å². The molecule has 162 valence electrons. The molecule has 30 heavy (non-hydrogen) atoms. The molecule has 2 nitrogen and oxygen atoms in total. The van der Waals surface area contributed by atoms with E-state index < -0.39 is 11.6 Å². The minimum atomic E-state index is -0.567. The first-order valence-electron chi connectivity index (χ1n) is 10.6. The highest BCUT2D eigenvalue weighted by Gasteiger charge is 2.24. The highest BCUT2D eigenvalue weighted by Crippen LogP contribution is 2.31. The van der Waals surface area contributed by atoms with Crippen LogP contribution in [0.1, 0.15) is 55.0 Å². The van der Waals surface area contributed by atoms with Crippen LogP contribution in [0.15, 0.2) is 36.4 Å². The second kappa shape index (κ2) is 10.7. The molecule has 3 atom stereocenters. The zero-order chi connectivity index (χ0) is 21.7. The summed E-state index contributed by atoms with van der Waals surface area (Å²) in [5.41, 5.74) is 4.76. The van der Waals surface area contributed by atoms with Crippen LogP contribution in [-0.4, -0.2) is 22.8 Å². The topological polar surface area (TPSA) is 24.1 Å². The van der Waals surface area contributed by atoms with Gasteiger partial charge in [-0.1, -0.05) is 37.3 Å². The van der Waals surface area contributed by atoms with Gasteiger partial charge in [-0.3, -0.25) is 0 Å². The minimum Gasteiger partial charge on any atom is -0.376 e. The number of fused-ring (bicyclic) bond motifs is 1. The highest BCUT2D eigenvalue weighted by atomic mass is 32.1. The van der Waals surface area contributed by atoms with E-state index in [1.165, 1.54) is 28.8 Å². The summed E-state index contributed by atoms with van der Waals surface area (Å²) in [6.45, 7) is 4.66. The standard InChI is InChI=1S/C24H30F2N2S2/c1-3-16-7-8-18-5-4-6-22(21(18)11-16)27-14-24(30)23(28-15(2)29)12-17-9-19(25)13-20(26)10-17/h7-11,13,22-24,27,30H,3-6,12,14H2,1-2H3,(H,28,29)/t22-,23?,24-/m0/s1. The van der Waals surface area contributed by atoms with Crippen molar-refractivity contribution in [2.24, 2.45) is 0 Å². The molecule has 0 spiro atoms. The molecule has 2 N–H and O–H groups in total. The number of rotatable bonds is 8. The maximum atomic E-state index is 13.6. The third-order valence-electron chi connectivity index (χ3n) is 5.74. The molecule has 3 rings (SSSR count). The van der Waals surface area contributed by atoms with Crippen molar-refractivity contribution in [1.29, 1.82) is 0 Å². The van der Waals surface area contributed by atoms with E-state index >= 15 is 0 Å². The fraction of sp³-hybridized carbons (Fsp3) is 0.458. The number of nitrogens with one attached hydrogen (secondary N) is 2. The first-order valence-corrected chi connectivity index (χ1v) is 11.5. The lowest BCUT2D eigenvalue weighted by Gasteiger charge is -2.31. The van der Waals surface area contributed by atoms with E-state index in [1.54, 1.807) is 0 Å². The Morgan fingerprint density at radius 2 is 1.90 bits per heavy atom. The van der Waals surface area contributed by atoms with Crippen LogP contribution in [0.25, 0.3) is 0 Å². The first kappa shape index (κ1) is 23.2. The summed E-state index contributed by atoms with van der Waals surface area (Å²) < 4.78 is 27.2. The Kier molecular flexibility index (Phi) is 8.26. The van der Waals surface area contributed by atoms with Crippen LogP contribution in [0, 0.1) is 11.6 Å². The maximum absolute atomic E-state index is 13.6. The second-order valence-electron chi connectivity index (χ2n) is 8.10. The van der Waals surface area contributed by atoms with Gasteiger partial charge in [0.15, 0.2) is 0 Å². The van der Waals surface area contributed by atoms with Gasteiger partial charge in [0.1, 0.15) is 11.6 Å². The summed E-state index contributed by atoms with van der Waals surface area (Å²) >= 11 is 10.1. The molecule has 2 aromatic rings. The Morgan fingerprint density at radius 3 is 2.57 bits per heavy atom. The van der Waals surface area contributed by atoms with Gasteiger partial charge < -0.3 is 10.6 Å². The van der Waals surface area contributed by atoms with Crippen molar-refractivity contribution in [1.82, 2.24) is 10.6 Å². The Bertz CT molecular complexity index is 867. The first-order chi connectivity index (χ1) is 14.4. The zero-order valence-corrected chi connectivity index (χ0v) is 19.3. The predicted octanol–water partition coefficient (Wildman–Crippen LogP) is 5.34. The fourth-order valence-electron chi connectivity index (χ4n) is 4.21. The average molecular weight is 449 g/mol. The number of thiol groups is 1. The van der Waals surface area contributed by atoms with E-state index in [-0.39, 0.29) is 11.3 Å². The molecular weight excluding hydrogens is 418 g/mol. The van der Waals surface area contributed by atoms with Crippen LogP contribution in [-0.2, 0) is 19.3 Å². The van der Waals surface area contributed by atoms with Gasteiger partial charge in [-0.25, -0.2) is 8.78 Å². The molecule has 1 aliphatic carbocycles. The van der Waals surface area contributed by atoms with E-state index in [0.29, 0.717) is 29.6 Å². The molecular formula is C24H30F2N2S2. The molecule has 0 aliphatic heterocycles. The van der Waals surface area contributed by atoms with Gasteiger partial charge in [0.2, 0.25) is 0 Å². The minimum absolute atomic E-state index is 0.0750. The average Bonchev–Trinajstić information content (AvgIpc) is 2.70. The summed E-state index contributed by atoms with van der Waals surface area (Å²) in [6.07, 6.45) is 4.86. The van der Waals surface area contributed by atoms with Crippen LogP contribution < -0.4 is 10.6 Å². The normalized spacial score (nSPS) is 17.8. The molecule has 6 heteroatoms. The lowest BCUT2D eigenvalue weighted by Crippen LogP contribution is -2.46. The third-order valence-corrected chi connectivity index (χ3v) is 6.40. The molecule has 0 saturated heterocycles. The van der Waals surface area contributed by atoms with Crippen molar-refractivity contribution in [2.45, 2.75) is 63.3 Å². The summed E-state index contributed by atoms with van der Waals surface area (Å²) in [7, 11) is 0. The second-order valence-corrected chi connectivity index (χ2v) is 9.37. The molecule has 0 heterocycles. The maximum Gasteiger partial charge on any atom is 0.126 e. The largest absolute Gasteiger partial charge is 0.376 e. The molecule has 0 radical (unpaired) electrons. The lowest BCUT2D eigenvalue weighted by atomic mass is 9.86. The Hall–Kier alpha value is -1.50. The fourth-order valence-corrected chi connectivity index (χ4v) is 4.65. The summed E-state index contributed by atoms with van der Waals surface area (Å²) in [5.74, 6) is -1.13. The third kappa shape index (κ3) is 6.25. The molecule has 1 aliphatic rings. The van der Waals surface area contributed by atoms with E-state index in [0.717, 1.165) is 31.7 Å². The number of thiocarbonyl (C=S) groups is 1. The Morgan fingerprint density at radius 1 is 1.17 bits per heavy atom. The summed E-state index contributed by atoms with van der Waals surface area (Å²) in [5, 5.41) is 6.87. The van der Waals surface area contributed by atoms with Gasteiger partial charge >= 0.3 is 0 Å². The van der Waals surface area contributed by atoms with E-state index in [2.05, 4.69) is 35.8 Å². The SMILES string of the molecule is CCc1ccc2c(c1)[C@@H](NC[C@H](S)C(Cc1cc(F)cc(F)c1)NC(C)=S)CCC2. The van der Waals surface area contributed by atoms with Gasteiger partial charge in [-0.2, -0.15) is 12.6 Å². The monoisotopic (exact) mass is 448 g/mol. The number of aryl methyl sites for hydroxylation is 2. The lowest BCUT2D eigenvalue weighted by molar-refractivity contribution is 0.439. The van der Waals surface area contributed by atoms with E-state index in [9.17, 15) is 8.78 Å². The van der Waals surface area contributed by atoms with Gasteiger partial charge in [0.05, 0.1) is 4.99 Å². The van der Waals surface area contributed by atoms with Crippen LogP contribution >= 0.6 is 24.8 Å². The highest BCUT2D eigenvalue weighted by molar-refractivity contribution is 7.81. The van der Waals surface area contributed by atoms with Crippen LogP contribution in [0.5, 0.6) is 0 Å². The molecule has 2 aromatic carbocycles. The molecule has 1 unspecified atom stereocenters. The van der Waals surface area contributed by atoms with Gasteiger partial charge in [-0.05, 0) is 73.4 Å². The quantitative estimate of drug-likeness (QED) is 0.375. The molecule has 0 aromatic heterocycles. The number of hydrogen-bond acceptors (Lipinski definition) is 3. The van der Waals surface area contributed by atoms with E-state index in [1.807, 2.05) is 6.92 Å².